The third kappa shape index (κ3) is 1.65. The Morgan fingerprint density at radius 2 is 2.31 bits per heavy atom. The van der Waals surface area contributed by atoms with Crippen LogP contribution in [0.4, 0.5) is 4.39 Å². The first-order chi connectivity index (χ1) is 7.74. The van der Waals surface area contributed by atoms with Crippen molar-refractivity contribution in [2.45, 2.75) is 0 Å². The monoisotopic (exact) mass is 221 g/mol. The molecule has 0 aliphatic carbocycles. The van der Waals surface area contributed by atoms with Gasteiger partial charge in [-0.15, -0.1) is 0 Å². The molecule has 0 atom stereocenters. The molecule has 0 unspecified atom stereocenters. The van der Waals surface area contributed by atoms with E-state index < -0.39 is 11.6 Å². The average molecular weight is 221 g/mol. The van der Waals surface area contributed by atoms with Crippen molar-refractivity contribution in [1.29, 1.82) is 0 Å². The predicted octanol–water partition coefficient (Wildman–Crippen LogP) is 1.18. The fourth-order valence-corrected chi connectivity index (χ4v) is 1.29. The number of benzene rings is 1. The van der Waals surface area contributed by atoms with Crippen LogP contribution in [0, 0.1) is 5.82 Å². The van der Waals surface area contributed by atoms with Crippen LogP contribution in [0.25, 0.3) is 0 Å². The quantitative estimate of drug-likeness (QED) is 0.790. The minimum absolute atomic E-state index is 0.0225. The molecule has 0 saturated carbocycles. The van der Waals surface area contributed by atoms with Crippen LogP contribution < -0.4 is 4.74 Å². The molecule has 1 N–H and O–H groups in total. The fourth-order valence-electron chi connectivity index (χ4n) is 1.29. The highest BCUT2D eigenvalue weighted by atomic mass is 19.1. The van der Waals surface area contributed by atoms with Crippen LogP contribution in [0.2, 0.25) is 0 Å². The van der Waals surface area contributed by atoms with E-state index in [9.17, 15) is 9.18 Å². The van der Waals surface area contributed by atoms with E-state index in [-0.39, 0.29) is 17.0 Å². The number of H-pyrrole nitrogens is 1. The first-order valence-electron chi connectivity index (χ1n) is 4.47. The van der Waals surface area contributed by atoms with Gasteiger partial charge in [0.25, 0.3) is 0 Å². The number of hydrogen-bond acceptors (Lipinski definition) is 4. The molecule has 5 nitrogen and oxygen atoms in total. The second-order valence-corrected chi connectivity index (χ2v) is 3.01. The van der Waals surface area contributed by atoms with Gasteiger partial charge in [-0.2, -0.15) is 15.4 Å². The number of carbonyl (C=O) groups is 1. The lowest BCUT2D eigenvalue weighted by molar-refractivity contribution is 0.103. The van der Waals surface area contributed by atoms with Crippen molar-refractivity contribution in [3.05, 3.63) is 41.5 Å². The highest BCUT2D eigenvalue weighted by Crippen LogP contribution is 2.21. The third-order valence-electron chi connectivity index (χ3n) is 2.08. The van der Waals surface area contributed by atoms with E-state index >= 15 is 0 Å². The molecule has 2 aromatic rings. The summed E-state index contributed by atoms with van der Waals surface area (Å²) in [5.74, 6) is -1.21. The van der Waals surface area contributed by atoms with Gasteiger partial charge >= 0.3 is 0 Å². The number of nitrogens with zero attached hydrogens (tertiary/aromatic N) is 2. The maximum Gasteiger partial charge on any atom is 0.217 e. The summed E-state index contributed by atoms with van der Waals surface area (Å²) in [6, 6.07) is 4.35. The van der Waals surface area contributed by atoms with Crippen molar-refractivity contribution in [2.24, 2.45) is 0 Å². The SMILES string of the molecule is COc1cccc(C(=O)c2cn[nH]n2)c1F. The topological polar surface area (TPSA) is 67.9 Å². The van der Waals surface area contributed by atoms with E-state index in [0.29, 0.717) is 0 Å². The molecule has 0 spiro atoms. The van der Waals surface area contributed by atoms with Crippen LogP contribution in [-0.4, -0.2) is 28.3 Å². The molecule has 1 aromatic heterocycles. The molecule has 0 radical (unpaired) electrons. The molecule has 82 valence electrons. The summed E-state index contributed by atoms with van der Waals surface area (Å²) < 4.78 is 18.5. The zero-order valence-electron chi connectivity index (χ0n) is 8.40. The first-order valence-corrected chi connectivity index (χ1v) is 4.47. The van der Waals surface area contributed by atoms with Crippen molar-refractivity contribution in [3.8, 4) is 5.75 Å². The molecular weight excluding hydrogens is 213 g/mol. The van der Waals surface area contributed by atoms with Gasteiger partial charge in [-0.3, -0.25) is 4.79 Å². The average Bonchev–Trinajstić information content (AvgIpc) is 2.82. The Balaban J connectivity index is 2.45. The zero-order chi connectivity index (χ0) is 11.5. The molecular formula is C10H8FN3O2. The van der Waals surface area contributed by atoms with Gasteiger partial charge in [0.2, 0.25) is 5.78 Å². The lowest BCUT2D eigenvalue weighted by Gasteiger charge is -2.04. The highest BCUT2D eigenvalue weighted by Gasteiger charge is 2.18. The normalized spacial score (nSPS) is 10.1. The van der Waals surface area contributed by atoms with Crippen molar-refractivity contribution >= 4 is 5.78 Å². The van der Waals surface area contributed by atoms with E-state index in [1.807, 2.05) is 0 Å². The number of carbonyl (C=O) groups excluding carboxylic acids is 1. The summed E-state index contributed by atoms with van der Waals surface area (Å²) in [6.45, 7) is 0. The van der Waals surface area contributed by atoms with Gasteiger partial charge in [0, 0.05) is 0 Å². The van der Waals surface area contributed by atoms with Gasteiger partial charge in [-0.25, -0.2) is 4.39 Å². The van der Waals surface area contributed by atoms with Gasteiger partial charge in [-0.05, 0) is 12.1 Å². The number of aromatic amines is 1. The Labute approximate surface area is 90.2 Å². The van der Waals surface area contributed by atoms with E-state index in [4.69, 9.17) is 4.74 Å². The molecule has 0 saturated heterocycles. The number of ether oxygens (including phenoxy) is 1. The second kappa shape index (κ2) is 4.09. The largest absolute Gasteiger partial charge is 0.494 e. The van der Waals surface area contributed by atoms with Gasteiger partial charge in [0.15, 0.2) is 17.3 Å². The molecule has 16 heavy (non-hydrogen) atoms. The number of nitrogens with one attached hydrogen (secondary N) is 1. The number of aromatic nitrogens is 3. The van der Waals surface area contributed by atoms with Crippen molar-refractivity contribution in [2.75, 3.05) is 7.11 Å². The standard InChI is InChI=1S/C10H8FN3O2/c1-16-8-4-2-3-6(9(8)11)10(15)7-5-12-14-13-7/h2-5H,1H3,(H,12,13,14). The van der Waals surface area contributed by atoms with E-state index in [1.54, 1.807) is 0 Å². The predicted molar refractivity (Wildman–Crippen MR) is 52.8 cm³/mol. The summed E-state index contributed by atoms with van der Waals surface area (Å²) in [4.78, 5) is 11.8. The Morgan fingerprint density at radius 3 is 2.94 bits per heavy atom. The number of ketones is 1. The summed E-state index contributed by atoms with van der Waals surface area (Å²) in [5, 5.41) is 9.38. The molecule has 0 aliphatic rings. The van der Waals surface area contributed by atoms with E-state index in [1.165, 1.54) is 31.5 Å². The van der Waals surface area contributed by atoms with Gasteiger partial charge in [0.1, 0.15) is 0 Å². The molecule has 1 heterocycles. The molecule has 6 heteroatoms. The Morgan fingerprint density at radius 1 is 1.50 bits per heavy atom. The third-order valence-corrected chi connectivity index (χ3v) is 2.08. The number of halogens is 1. The highest BCUT2D eigenvalue weighted by molar-refractivity contribution is 6.07. The van der Waals surface area contributed by atoms with Crippen LogP contribution in [0.3, 0.4) is 0 Å². The lowest BCUT2D eigenvalue weighted by Crippen LogP contribution is -2.06. The Hall–Kier alpha value is -2.24. The summed E-state index contributed by atoms with van der Waals surface area (Å²) in [7, 11) is 1.34. The fraction of sp³-hybridized carbons (Fsp3) is 0.100. The minimum atomic E-state index is -0.696. The first kappa shape index (κ1) is 10.3. The molecule has 2 rings (SSSR count). The van der Waals surface area contributed by atoms with Crippen LogP contribution in [0.1, 0.15) is 16.1 Å². The zero-order valence-corrected chi connectivity index (χ0v) is 8.40. The molecule has 0 amide bonds. The van der Waals surface area contributed by atoms with E-state index in [2.05, 4.69) is 15.4 Å². The second-order valence-electron chi connectivity index (χ2n) is 3.01. The number of hydrogen-bond donors (Lipinski definition) is 1. The van der Waals surface area contributed by atoms with Gasteiger partial charge < -0.3 is 4.74 Å². The van der Waals surface area contributed by atoms with Crippen LogP contribution in [0.5, 0.6) is 5.75 Å². The Kier molecular flexibility index (Phi) is 2.63. The molecule has 0 fully saturated rings. The maximum atomic E-state index is 13.7. The van der Waals surface area contributed by atoms with Gasteiger partial charge in [-0.1, -0.05) is 6.07 Å². The summed E-state index contributed by atoms with van der Waals surface area (Å²) >= 11 is 0. The smallest absolute Gasteiger partial charge is 0.217 e. The Bertz CT molecular complexity index is 511. The van der Waals surface area contributed by atoms with Crippen LogP contribution in [-0.2, 0) is 0 Å². The number of rotatable bonds is 3. The summed E-state index contributed by atoms with van der Waals surface area (Å²) in [6.07, 6.45) is 1.24. The van der Waals surface area contributed by atoms with Crippen LogP contribution in [0.15, 0.2) is 24.4 Å². The van der Waals surface area contributed by atoms with Crippen molar-refractivity contribution in [1.82, 2.24) is 15.4 Å². The summed E-state index contributed by atoms with van der Waals surface area (Å²) in [5.41, 5.74) is -0.0274. The number of methoxy groups -OCH3 is 1. The molecule has 1 aromatic carbocycles. The van der Waals surface area contributed by atoms with Crippen molar-refractivity contribution < 1.29 is 13.9 Å². The van der Waals surface area contributed by atoms with Gasteiger partial charge in [0.05, 0.1) is 18.9 Å². The van der Waals surface area contributed by atoms with E-state index in [0.717, 1.165) is 0 Å². The lowest BCUT2D eigenvalue weighted by atomic mass is 10.1. The molecule has 0 aliphatic heterocycles. The maximum absolute atomic E-state index is 13.7. The minimum Gasteiger partial charge on any atom is -0.494 e. The van der Waals surface area contributed by atoms with Crippen molar-refractivity contribution in [3.63, 3.8) is 0 Å². The van der Waals surface area contributed by atoms with Crippen LogP contribution >= 0.6 is 0 Å². The molecule has 0 bridgehead atoms.